The number of rotatable bonds is 5. The summed E-state index contributed by atoms with van der Waals surface area (Å²) in [5, 5.41) is 0. The largest absolute Gasteiger partial charge is 0.475 e. The van der Waals surface area contributed by atoms with E-state index in [-0.39, 0.29) is 6.10 Å². The molecule has 0 spiro atoms. The first-order valence-corrected chi connectivity index (χ1v) is 9.74. The van der Waals surface area contributed by atoms with Crippen molar-refractivity contribution in [2.24, 2.45) is 0 Å². The van der Waals surface area contributed by atoms with Gasteiger partial charge in [0.05, 0.1) is 32.5 Å². The Morgan fingerprint density at radius 1 is 0.821 bits per heavy atom. The molecule has 2 aromatic heterocycles. The molecule has 0 radical (unpaired) electrons. The van der Waals surface area contributed by atoms with Gasteiger partial charge in [0, 0.05) is 32.2 Å². The Bertz CT molecular complexity index is 755. The van der Waals surface area contributed by atoms with Gasteiger partial charge in [0.1, 0.15) is 5.69 Å². The second kappa shape index (κ2) is 8.66. The van der Waals surface area contributed by atoms with Crippen LogP contribution in [0.25, 0.3) is 11.5 Å². The zero-order chi connectivity index (χ0) is 19.3. The van der Waals surface area contributed by atoms with Gasteiger partial charge in [0.2, 0.25) is 17.8 Å². The maximum absolute atomic E-state index is 5.73. The van der Waals surface area contributed by atoms with E-state index in [9.17, 15) is 0 Å². The Balaban J connectivity index is 1.70. The Labute approximate surface area is 164 Å². The molecule has 0 amide bonds. The molecule has 2 saturated heterocycles. The van der Waals surface area contributed by atoms with Crippen LogP contribution in [-0.4, -0.2) is 78.6 Å². The summed E-state index contributed by atoms with van der Waals surface area (Å²) in [7, 11) is 0. The molecule has 0 saturated carbocycles. The van der Waals surface area contributed by atoms with E-state index >= 15 is 0 Å². The first-order chi connectivity index (χ1) is 13.7. The van der Waals surface area contributed by atoms with E-state index < -0.39 is 0 Å². The van der Waals surface area contributed by atoms with E-state index in [1.807, 2.05) is 32.0 Å². The molecule has 4 heterocycles. The van der Waals surface area contributed by atoms with Crippen LogP contribution in [0.5, 0.6) is 5.88 Å². The van der Waals surface area contributed by atoms with Gasteiger partial charge in [-0.2, -0.15) is 15.0 Å². The minimum absolute atomic E-state index is 0.0499. The predicted octanol–water partition coefficient (Wildman–Crippen LogP) is 1.39. The van der Waals surface area contributed by atoms with Crippen molar-refractivity contribution in [3.05, 3.63) is 18.2 Å². The van der Waals surface area contributed by atoms with Gasteiger partial charge < -0.3 is 24.0 Å². The number of morpholine rings is 2. The van der Waals surface area contributed by atoms with Crippen LogP contribution >= 0.6 is 0 Å². The molecule has 28 heavy (non-hydrogen) atoms. The van der Waals surface area contributed by atoms with E-state index in [2.05, 4.69) is 14.8 Å². The molecule has 0 N–H and O–H groups in total. The number of nitrogens with zero attached hydrogens (tertiary/aromatic N) is 6. The molecular formula is C19H26N6O3. The van der Waals surface area contributed by atoms with Gasteiger partial charge in [0.25, 0.3) is 0 Å². The molecule has 0 bridgehead atoms. The van der Waals surface area contributed by atoms with E-state index in [0.717, 1.165) is 26.2 Å². The van der Waals surface area contributed by atoms with Crippen LogP contribution in [0.15, 0.2) is 18.2 Å². The van der Waals surface area contributed by atoms with Crippen molar-refractivity contribution in [2.45, 2.75) is 20.0 Å². The quantitative estimate of drug-likeness (QED) is 0.757. The number of hydrogen-bond donors (Lipinski definition) is 0. The van der Waals surface area contributed by atoms with Crippen molar-refractivity contribution in [2.75, 3.05) is 62.4 Å². The second-order valence-electron chi connectivity index (χ2n) is 6.99. The smallest absolute Gasteiger partial charge is 0.230 e. The maximum Gasteiger partial charge on any atom is 0.230 e. The zero-order valence-electron chi connectivity index (χ0n) is 16.4. The molecule has 2 aliphatic heterocycles. The molecule has 150 valence electrons. The summed E-state index contributed by atoms with van der Waals surface area (Å²) >= 11 is 0. The number of hydrogen-bond acceptors (Lipinski definition) is 9. The predicted molar refractivity (Wildman–Crippen MR) is 105 cm³/mol. The van der Waals surface area contributed by atoms with E-state index in [0.29, 0.717) is 55.7 Å². The fourth-order valence-electron chi connectivity index (χ4n) is 3.12. The Morgan fingerprint density at radius 3 is 1.93 bits per heavy atom. The highest BCUT2D eigenvalue weighted by Crippen LogP contribution is 2.23. The molecule has 2 fully saturated rings. The van der Waals surface area contributed by atoms with Crippen molar-refractivity contribution in [3.63, 3.8) is 0 Å². The number of anilines is 2. The minimum Gasteiger partial charge on any atom is -0.475 e. The van der Waals surface area contributed by atoms with Crippen molar-refractivity contribution < 1.29 is 14.2 Å². The summed E-state index contributed by atoms with van der Waals surface area (Å²) in [6.07, 6.45) is 0.0499. The lowest BCUT2D eigenvalue weighted by Crippen LogP contribution is -2.40. The van der Waals surface area contributed by atoms with E-state index in [1.165, 1.54) is 0 Å². The normalized spacial score (nSPS) is 17.8. The fraction of sp³-hybridized carbons (Fsp3) is 0.579. The summed E-state index contributed by atoms with van der Waals surface area (Å²) in [4.78, 5) is 23.0. The molecule has 0 atom stereocenters. The van der Waals surface area contributed by atoms with Crippen molar-refractivity contribution >= 4 is 11.9 Å². The highest BCUT2D eigenvalue weighted by molar-refractivity contribution is 5.55. The second-order valence-corrected chi connectivity index (χ2v) is 6.99. The average Bonchev–Trinajstić information content (AvgIpc) is 2.74. The molecule has 9 nitrogen and oxygen atoms in total. The van der Waals surface area contributed by atoms with Crippen LogP contribution in [0.2, 0.25) is 0 Å². The molecule has 4 rings (SSSR count). The fourth-order valence-corrected chi connectivity index (χ4v) is 3.12. The maximum atomic E-state index is 5.73. The Hall–Kier alpha value is -2.52. The molecule has 0 aliphatic carbocycles. The third-order valence-electron chi connectivity index (χ3n) is 4.51. The molecule has 0 aromatic carbocycles. The third kappa shape index (κ3) is 4.48. The molecule has 2 aromatic rings. The summed E-state index contributed by atoms with van der Waals surface area (Å²) < 4.78 is 16.7. The van der Waals surface area contributed by atoms with Crippen molar-refractivity contribution in [1.29, 1.82) is 0 Å². The van der Waals surface area contributed by atoms with Crippen LogP contribution in [0.3, 0.4) is 0 Å². The lowest BCUT2D eigenvalue weighted by atomic mass is 10.3. The summed E-state index contributed by atoms with van der Waals surface area (Å²) in [5.41, 5.74) is 0.671. The van der Waals surface area contributed by atoms with Crippen molar-refractivity contribution in [1.82, 2.24) is 19.9 Å². The van der Waals surface area contributed by atoms with E-state index in [4.69, 9.17) is 29.2 Å². The van der Waals surface area contributed by atoms with Crippen LogP contribution in [-0.2, 0) is 9.47 Å². The molecule has 2 aliphatic rings. The van der Waals surface area contributed by atoms with E-state index in [1.54, 1.807) is 0 Å². The summed E-state index contributed by atoms with van der Waals surface area (Å²) in [6, 6.07) is 5.65. The minimum atomic E-state index is 0.0499. The average molecular weight is 386 g/mol. The lowest BCUT2D eigenvalue weighted by molar-refractivity contribution is 0.121. The third-order valence-corrected chi connectivity index (χ3v) is 4.51. The SMILES string of the molecule is CC(C)Oc1cccc(-c2nc(N3CCOCC3)nc(N3CCOCC3)n2)n1. The highest BCUT2D eigenvalue weighted by atomic mass is 16.5. The first-order valence-electron chi connectivity index (χ1n) is 9.74. The molecule has 9 heteroatoms. The van der Waals surface area contributed by atoms with Crippen LogP contribution in [0, 0.1) is 0 Å². The number of ether oxygens (including phenoxy) is 3. The molecule has 0 unspecified atom stereocenters. The van der Waals surface area contributed by atoms with Crippen LogP contribution in [0.1, 0.15) is 13.8 Å². The number of aromatic nitrogens is 4. The first kappa shape index (κ1) is 18.8. The highest BCUT2D eigenvalue weighted by Gasteiger charge is 2.21. The van der Waals surface area contributed by atoms with Gasteiger partial charge in [-0.25, -0.2) is 4.98 Å². The Kier molecular flexibility index (Phi) is 5.82. The Morgan fingerprint density at radius 2 is 1.39 bits per heavy atom. The lowest BCUT2D eigenvalue weighted by Gasteiger charge is -2.30. The van der Waals surface area contributed by atoms with Gasteiger partial charge in [-0.1, -0.05) is 6.07 Å². The molecular weight excluding hydrogens is 360 g/mol. The number of pyridine rings is 1. The van der Waals surface area contributed by atoms with Gasteiger partial charge in [-0.05, 0) is 19.9 Å². The van der Waals surface area contributed by atoms with Crippen LogP contribution < -0.4 is 14.5 Å². The van der Waals surface area contributed by atoms with Gasteiger partial charge in [-0.3, -0.25) is 0 Å². The van der Waals surface area contributed by atoms with Gasteiger partial charge in [-0.15, -0.1) is 0 Å². The van der Waals surface area contributed by atoms with Gasteiger partial charge in [0.15, 0.2) is 5.82 Å². The van der Waals surface area contributed by atoms with Crippen LogP contribution in [0.4, 0.5) is 11.9 Å². The summed E-state index contributed by atoms with van der Waals surface area (Å²) in [5.74, 6) is 2.43. The standard InChI is InChI=1S/C19H26N6O3/c1-14(2)28-16-5-3-4-15(20-16)17-21-18(24-6-10-26-11-7-24)23-19(22-17)25-8-12-27-13-9-25/h3-5,14H,6-13H2,1-2H3. The van der Waals surface area contributed by atoms with Gasteiger partial charge >= 0.3 is 0 Å². The zero-order valence-corrected chi connectivity index (χ0v) is 16.4. The van der Waals surface area contributed by atoms with Crippen molar-refractivity contribution in [3.8, 4) is 17.4 Å². The topological polar surface area (TPSA) is 85.7 Å². The summed E-state index contributed by atoms with van der Waals surface area (Å²) in [6.45, 7) is 9.67. The monoisotopic (exact) mass is 386 g/mol.